The van der Waals surface area contributed by atoms with Crippen LogP contribution >= 0.6 is 0 Å². The quantitative estimate of drug-likeness (QED) is 0.318. The van der Waals surface area contributed by atoms with Crippen LogP contribution < -0.4 is 10.5 Å². The highest BCUT2D eigenvalue weighted by molar-refractivity contribution is 7.89. The average molecular weight is 283 g/mol. The first-order chi connectivity index (χ1) is 9.03. The number of amidine groups is 1. The number of sulfonamides is 1. The number of fused-ring (bicyclic) bond motifs is 1. The minimum absolute atomic E-state index is 0.00310. The molecule has 0 saturated heterocycles. The molecule has 19 heavy (non-hydrogen) atoms. The van der Waals surface area contributed by atoms with Crippen molar-refractivity contribution >= 4 is 15.9 Å². The molecule has 0 bridgehead atoms. The van der Waals surface area contributed by atoms with Gasteiger partial charge >= 0.3 is 0 Å². The summed E-state index contributed by atoms with van der Waals surface area (Å²) in [7, 11) is -3.53. The van der Waals surface area contributed by atoms with Gasteiger partial charge in [-0.2, -0.15) is 0 Å². The molecule has 0 fully saturated rings. The second-order valence-electron chi connectivity index (χ2n) is 4.52. The van der Waals surface area contributed by atoms with Gasteiger partial charge in [0.1, 0.15) is 5.84 Å². The highest BCUT2D eigenvalue weighted by atomic mass is 32.2. The molecule has 0 unspecified atom stereocenters. The molecular weight excluding hydrogens is 266 g/mol. The molecule has 0 atom stereocenters. The van der Waals surface area contributed by atoms with Crippen molar-refractivity contribution in [2.24, 2.45) is 10.9 Å². The summed E-state index contributed by atoms with van der Waals surface area (Å²) in [4.78, 5) is 0.271. The smallest absolute Gasteiger partial charge is 0.240 e. The lowest BCUT2D eigenvalue weighted by molar-refractivity contribution is 0.317. The molecule has 104 valence electrons. The molecule has 1 aliphatic rings. The number of aryl methyl sites for hydroxylation is 2. The Hall–Kier alpha value is -1.60. The van der Waals surface area contributed by atoms with Gasteiger partial charge in [0.15, 0.2) is 0 Å². The SMILES string of the molecule is NC(CCNS(=O)(=O)c1ccc2c(c1)CCC2)=NO. The fourth-order valence-electron chi connectivity index (χ4n) is 2.16. The molecule has 0 amide bonds. The van der Waals surface area contributed by atoms with E-state index in [-0.39, 0.29) is 23.7 Å². The molecule has 1 aromatic rings. The normalized spacial score (nSPS) is 15.5. The Labute approximate surface area is 112 Å². The van der Waals surface area contributed by atoms with Crippen LogP contribution in [0.5, 0.6) is 0 Å². The van der Waals surface area contributed by atoms with Crippen LogP contribution in [0.4, 0.5) is 0 Å². The molecule has 0 spiro atoms. The Morgan fingerprint density at radius 3 is 2.84 bits per heavy atom. The highest BCUT2D eigenvalue weighted by Gasteiger charge is 2.18. The first kappa shape index (κ1) is 13.8. The van der Waals surface area contributed by atoms with Crippen molar-refractivity contribution < 1.29 is 13.6 Å². The zero-order valence-electron chi connectivity index (χ0n) is 10.5. The van der Waals surface area contributed by atoms with E-state index in [2.05, 4.69) is 9.88 Å². The Kier molecular flexibility index (Phi) is 4.06. The highest BCUT2D eigenvalue weighted by Crippen LogP contribution is 2.24. The van der Waals surface area contributed by atoms with Gasteiger partial charge in [0.2, 0.25) is 10.0 Å². The predicted octanol–water partition coefficient (Wildman–Crippen LogP) is 0.590. The maximum Gasteiger partial charge on any atom is 0.240 e. The summed E-state index contributed by atoms with van der Waals surface area (Å²) < 4.78 is 26.5. The van der Waals surface area contributed by atoms with E-state index in [0.717, 1.165) is 24.8 Å². The molecule has 0 saturated carbocycles. The second kappa shape index (κ2) is 5.58. The second-order valence-corrected chi connectivity index (χ2v) is 6.29. The standard InChI is InChI=1S/C12H17N3O3S/c13-12(15-16)6-7-14-19(17,18)11-5-4-9-2-1-3-10(9)8-11/h4-5,8,14,16H,1-3,6-7H2,(H2,13,15). The van der Waals surface area contributed by atoms with Gasteiger partial charge in [0.25, 0.3) is 0 Å². The summed E-state index contributed by atoms with van der Waals surface area (Å²) in [5.41, 5.74) is 7.62. The maximum atomic E-state index is 12.0. The summed E-state index contributed by atoms with van der Waals surface area (Å²) in [6.45, 7) is 0.106. The fraction of sp³-hybridized carbons (Fsp3) is 0.417. The Morgan fingerprint density at radius 1 is 1.37 bits per heavy atom. The Bertz CT molecular complexity index is 596. The molecule has 6 nitrogen and oxygen atoms in total. The van der Waals surface area contributed by atoms with Crippen molar-refractivity contribution in [3.63, 3.8) is 0 Å². The van der Waals surface area contributed by atoms with E-state index >= 15 is 0 Å². The van der Waals surface area contributed by atoms with E-state index in [1.165, 1.54) is 5.56 Å². The van der Waals surface area contributed by atoms with Crippen LogP contribution in [0, 0.1) is 0 Å². The van der Waals surface area contributed by atoms with Crippen molar-refractivity contribution in [3.05, 3.63) is 29.3 Å². The van der Waals surface area contributed by atoms with Crippen LogP contribution in [0.2, 0.25) is 0 Å². The van der Waals surface area contributed by atoms with Crippen LogP contribution in [0.25, 0.3) is 0 Å². The summed E-state index contributed by atoms with van der Waals surface area (Å²) in [6.07, 6.45) is 3.20. The van der Waals surface area contributed by atoms with Gasteiger partial charge in [-0.15, -0.1) is 0 Å². The van der Waals surface area contributed by atoms with Gasteiger partial charge in [-0.1, -0.05) is 11.2 Å². The van der Waals surface area contributed by atoms with Crippen molar-refractivity contribution in [1.29, 1.82) is 0 Å². The number of benzene rings is 1. The number of oxime groups is 1. The molecule has 7 heteroatoms. The van der Waals surface area contributed by atoms with E-state index in [9.17, 15) is 8.42 Å². The number of rotatable bonds is 5. The number of hydrogen-bond acceptors (Lipinski definition) is 4. The molecule has 1 aromatic carbocycles. The number of nitrogens with zero attached hydrogens (tertiary/aromatic N) is 1. The van der Waals surface area contributed by atoms with Crippen molar-refractivity contribution in [2.75, 3.05) is 6.54 Å². The maximum absolute atomic E-state index is 12.0. The first-order valence-corrected chi connectivity index (χ1v) is 7.59. The van der Waals surface area contributed by atoms with Gasteiger partial charge in [0, 0.05) is 13.0 Å². The van der Waals surface area contributed by atoms with Crippen LogP contribution in [0.1, 0.15) is 24.0 Å². The minimum Gasteiger partial charge on any atom is -0.409 e. The lowest BCUT2D eigenvalue weighted by Gasteiger charge is -2.08. The van der Waals surface area contributed by atoms with Gasteiger partial charge in [0.05, 0.1) is 4.90 Å². The molecule has 4 N–H and O–H groups in total. The minimum atomic E-state index is -3.53. The van der Waals surface area contributed by atoms with E-state index in [4.69, 9.17) is 10.9 Å². The largest absolute Gasteiger partial charge is 0.409 e. The molecule has 0 heterocycles. The van der Waals surface area contributed by atoms with Crippen LogP contribution in [0.3, 0.4) is 0 Å². The molecular formula is C12H17N3O3S. The lowest BCUT2D eigenvalue weighted by atomic mass is 10.1. The van der Waals surface area contributed by atoms with E-state index in [0.29, 0.717) is 0 Å². The van der Waals surface area contributed by atoms with Crippen LogP contribution in [0.15, 0.2) is 28.3 Å². The zero-order valence-corrected chi connectivity index (χ0v) is 11.3. The third-order valence-corrected chi connectivity index (χ3v) is 4.64. The predicted molar refractivity (Wildman–Crippen MR) is 71.7 cm³/mol. The molecule has 0 radical (unpaired) electrons. The summed E-state index contributed by atoms with van der Waals surface area (Å²) in [5, 5.41) is 11.2. The number of nitrogens with one attached hydrogen (secondary N) is 1. The molecule has 2 rings (SSSR count). The van der Waals surface area contributed by atoms with Gasteiger partial charge < -0.3 is 10.9 Å². The topological polar surface area (TPSA) is 105 Å². The molecule has 0 aromatic heterocycles. The van der Waals surface area contributed by atoms with Crippen molar-refractivity contribution in [1.82, 2.24) is 4.72 Å². The Morgan fingerprint density at radius 2 is 2.11 bits per heavy atom. The van der Waals surface area contributed by atoms with Gasteiger partial charge in [-0.25, -0.2) is 13.1 Å². The van der Waals surface area contributed by atoms with Gasteiger partial charge in [-0.05, 0) is 42.5 Å². The van der Waals surface area contributed by atoms with Crippen molar-refractivity contribution in [3.8, 4) is 0 Å². The van der Waals surface area contributed by atoms with Gasteiger partial charge in [-0.3, -0.25) is 0 Å². The zero-order chi connectivity index (χ0) is 13.9. The monoisotopic (exact) mass is 283 g/mol. The van der Waals surface area contributed by atoms with Crippen LogP contribution in [-0.4, -0.2) is 26.0 Å². The first-order valence-electron chi connectivity index (χ1n) is 6.11. The van der Waals surface area contributed by atoms with E-state index < -0.39 is 10.0 Å². The lowest BCUT2D eigenvalue weighted by Crippen LogP contribution is -2.28. The van der Waals surface area contributed by atoms with Crippen LogP contribution in [-0.2, 0) is 22.9 Å². The molecule has 0 aliphatic heterocycles. The Balaban J connectivity index is 2.07. The summed E-state index contributed by atoms with van der Waals surface area (Å²) >= 11 is 0. The average Bonchev–Trinajstić information content (AvgIpc) is 2.85. The number of hydrogen-bond donors (Lipinski definition) is 3. The fourth-order valence-corrected chi connectivity index (χ4v) is 3.24. The van der Waals surface area contributed by atoms with E-state index in [1.54, 1.807) is 12.1 Å². The summed E-state index contributed by atoms with van der Waals surface area (Å²) in [6, 6.07) is 5.23. The van der Waals surface area contributed by atoms with E-state index in [1.807, 2.05) is 6.07 Å². The number of nitrogens with two attached hydrogens (primary N) is 1. The summed E-state index contributed by atoms with van der Waals surface area (Å²) in [5.74, 6) is -0.00310. The van der Waals surface area contributed by atoms with Crippen molar-refractivity contribution in [2.45, 2.75) is 30.6 Å². The third kappa shape index (κ3) is 3.24. The third-order valence-electron chi connectivity index (χ3n) is 3.18. The molecule has 1 aliphatic carbocycles.